The number of hydrogen-bond donors (Lipinski definition) is 1. The maximum Gasteiger partial charge on any atom is 0.309 e. The highest BCUT2D eigenvalue weighted by atomic mass is 17.2. The molecule has 5 atom stereocenters. The van der Waals surface area contributed by atoms with Gasteiger partial charge in [-0.3, -0.25) is 4.79 Å². The van der Waals surface area contributed by atoms with Crippen molar-refractivity contribution >= 4 is 5.97 Å². The van der Waals surface area contributed by atoms with E-state index in [0.717, 1.165) is 44.9 Å². The fourth-order valence-electron chi connectivity index (χ4n) is 6.45. The Balaban J connectivity index is 1.81. The zero-order chi connectivity index (χ0) is 17.4. The van der Waals surface area contributed by atoms with Gasteiger partial charge in [0.05, 0.1) is 5.41 Å². The Morgan fingerprint density at radius 1 is 1.21 bits per heavy atom. The third-order valence-corrected chi connectivity index (χ3v) is 8.17. The highest BCUT2D eigenvalue weighted by Crippen LogP contribution is 2.68. The second-order valence-corrected chi connectivity index (χ2v) is 9.36. The average molecular weight is 334 g/mol. The van der Waals surface area contributed by atoms with Gasteiger partial charge in [-0.25, -0.2) is 9.78 Å². The molecule has 24 heavy (non-hydrogen) atoms. The normalized spacial score (nSPS) is 50.2. The van der Waals surface area contributed by atoms with Crippen LogP contribution < -0.4 is 0 Å². The molecule has 0 amide bonds. The van der Waals surface area contributed by atoms with Gasteiger partial charge in [0.15, 0.2) is 0 Å². The lowest BCUT2D eigenvalue weighted by Gasteiger charge is -2.66. The third-order valence-electron chi connectivity index (χ3n) is 8.17. The monoisotopic (exact) mass is 334 g/mol. The van der Waals surface area contributed by atoms with Crippen molar-refractivity contribution in [2.45, 2.75) is 83.8 Å². The van der Waals surface area contributed by atoms with Crippen molar-refractivity contribution < 1.29 is 19.7 Å². The molecule has 0 aromatic heterocycles. The van der Waals surface area contributed by atoms with Crippen LogP contribution in [0.25, 0.3) is 0 Å². The van der Waals surface area contributed by atoms with Crippen LogP contribution in [0.2, 0.25) is 0 Å². The Bertz CT molecular complexity index is 599. The van der Waals surface area contributed by atoms with Gasteiger partial charge in [-0.1, -0.05) is 27.2 Å². The topological polar surface area (TPSA) is 55.8 Å². The van der Waals surface area contributed by atoms with E-state index in [1.807, 2.05) is 6.92 Å². The van der Waals surface area contributed by atoms with Crippen LogP contribution in [0.3, 0.4) is 0 Å². The predicted molar refractivity (Wildman–Crippen MR) is 90.2 cm³/mol. The molecule has 2 heterocycles. The first kappa shape index (κ1) is 16.6. The largest absolute Gasteiger partial charge is 0.481 e. The van der Waals surface area contributed by atoms with E-state index in [2.05, 4.69) is 26.8 Å². The van der Waals surface area contributed by atoms with E-state index in [-0.39, 0.29) is 16.9 Å². The molecule has 2 bridgehead atoms. The number of carboxylic acid groups (broad SMARTS) is 1. The molecule has 3 fully saturated rings. The van der Waals surface area contributed by atoms with Crippen LogP contribution in [0.1, 0.15) is 72.6 Å². The number of fused-ring (bicyclic) bond motifs is 3. The van der Waals surface area contributed by atoms with Gasteiger partial charge in [-0.15, -0.1) is 0 Å². The van der Waals surface area contributed by atoms with Crippen LogP contribution in [-0.2, 0) is 14.6 Å². The zero-order valence-corrected chi connectivity index (χ0v) is 15.4. The SMILES string of the molecule is CC(C)[C@@]12C=C3CC[C@@H]4[C@](C)(CCC[C@]4(C)C(=O)O)[C@]3(CC1)OO2. The molecule has 0 unspecified atom stereocenters. The molecular weight excluding hydrogens is 304 g/mol. The fourth-order valence-corrected chi connectivity index (χ4v) is 6.45. The summed E-state index contributed by atoms with van der Waals surface area (Å²) in [6, 6.07) is 0. The van der Waals surface area contributed by atoms with Crippen LogP contribution in [0.15, 0.2) is 11.6 Å². The summed E-state index contributed by atoms with van der Waals surface area (Å²) in [6.07, 6.45) is 8.91. The van der Waals surface area contributed by atoms with Crippen LogP contribution in [-0.4, -0.2) is 22.3 Å². The summed E-state index contributed by atoms with van der Waals surface area (Å²) in [5, 5.41) is 9.94. The van der Waals surface area contributed by atoms with Gasteiger partial charge in [0.1, 0.15) is 11.2 Å². The summed E-state index contributed by atoms with van der Waals surface area (Å²) in [7, 11) is 0. The summed E-state index contributed by atoms with van der Waals surface area (Å²) < 4.78 is 0. The van der Waals surface area contributed by atoms with Gasteiger partial charge in [0, 0.05) is 5.41 Å². The Morgan fingerprint density at radius 3 is 2.54 bits per heavy atom. The smallest absolute Gasteiger partial charge is 0.309 e. The summed E-state index contributed by atoms with van der Waals surface area (Å²) in [5.41, 5.74) is -0.136. The highest BCUT2D eigenvalue weighted by molar-refractivity contribution is 5.75. The van der Waals surface area contributed by atoms with Crippen LogP contribution in [0, 0.1) is 22.7 Å². The Labute approximate surface area is 144 Å². The molecule has 3 aliphatic carbocycles. The molecule has 2 saturated carbocycles. The fraction of sp³-hybridized carbons (Fsp3) is 0.850. The Hall–Kier alpha value is -0.870. The molecule has 5 rings (SSSR count). The minimum absolute atomic E-state index is 0.140. The van der Waals surface area contributed by atoms with E-state index in [1.165, 1.54) is 5.57 Å². The first-order valence-corrected chi connectivity index (χ1v) is 9.53. The summed E-state index contributed by atoms with van der Waals surface area (Å²) >= 11 is 0. The van der Waals surface area contributed by atoms with E-state index < -0.39 is 17.0 Å². The van der Waals surface area contributed by atoms with E-state index in [0.29, 0.717) is 5.92 Å². The van der Waals surface area contributed by atoms with Crippen LogP contribution in [0.4, 0.5) is 0 Å². The van der Waals surface area contributed by atoms with Crippen molar-refractivity contribution in [3.8, 4) is 0 Å². The maximum atomic E-state index is 12.1. The van der Waals surface area contributed by atoms with Crippen molar-refractivity contribution in [1.82, 2.24) is 0 Å². The minimum atomic E-state index is -0.652. The molecule has 0 radical (unpaired) electrons. The average Bonchev–Trinajstić information content (AvgIpc) is 2.55. The van der Waals surface area contributed by atoms with Crippen molar-refractivity contribution in [1.29, 1.82) is 0 Å². The molecule has 1 spiro atoms. The van der Waals surface area contributed by atoms with Gasteiger partial charge < -0.3 is 5.11 Å². The lowest BCUT2D eigenvalue weighted by molar-refractivity contribution is -0.465. The first-order valence-electron chi connectivity index (χ1n) is 9.53. The molecule has 0 aromatic carbocycles. The second kappa shape index (κ2) is 4.85. The highest BCUT2D eigenvalue weighted by Gasteiger charge is 2.69. The molecule has 1 saturated heterocycles. The van der Waals surface area contributed by atoms with Gasteiger partial charge in [-0.05, 0) is 68.9 Å². The van der Waals surface area contributed by atoms with Crippen LogP contribution in [0.5, 0.6) is 0 Å². The maximum absolute atomic E-state index is 12.1. The number of rotatable bonds is 2. The van der Waals surface area contributed by atoms with Crippen molar-refractivity contribution in [2.75, 3.05) is 0 Å². The second-order valence-electron chi connectivity index (χ2n) is 9.36. The molecular formula is C20H30O4. The quantitative estimate of drug-likeness (QED) is 0.597. The van der Waals surface area contributed by atoms with Gasteiger partial charge in [-0.2, -0.15) is 0 Å². The first-order chi connectivity index (χ1) is 11.2. The molecule has 5 aliphatic rings. The molecule has 4 heteroatoms. The number of hydrogen-bond acceptors (Lipinski definition) is 3. The van der Waals surface area contributed by atoms with Crippen molar-refractivity contribution in [3.05, 3.63) is 11.6 Å². The third kappa shape index (κ3) is 1.74. The van der Waals surface area contributed by atoms with E-state index in [4.69, 9.17) is 9.78 Å². The predicted octanol–water partition coefficient (Wildman–Crippen LogP) is 4.49. The van der Waals surface area contributed by atoms with E-state index in [9.17, 15) is 9.90 Å². The zero-order valence-electron chi connectivity index (χ0n) is 15.4. The summed E-state index contributed by atoms with van der Waals surface area (Å²) in [6.45, 7) is 8.60. The van der Waals surface area contributed by atoms with Crippen molar-refractivity contribution in [3.63, 3.8) is 0 Å². The lowest BCUT2D eigenvalue weighted by Crippen LogP contribution is -2.68. The van der Waals surface area contributed by atoms with Gasteiger partial charge in [0.25, 0.3) is 0 Å². The molecule has 134 valence electrons. The molecule has 0 aromatic rings. The molecule has 1 N–H and O–H groups in total. The Kier molecular flexibility index (Phi) is 3.35. The Morgan fingerprint density at radius 2 is 1.96 bits per heavy atom. The number of carboxylic acids is 1. The van der Waals surface area contributed by atoms with Gasteiger partial charge >= 0.3 is 5.97 Å². The van der Waals surface area contributed by atoms with E-state index in [1.54, 1.807) is 0 Å². The number of aliphatic carboxylic acids is 1. The summed E-state index contributed by atoms with van der Waals surface area (Å²) in [5.74, 6) is -0.127. The lowest BCUT2D eigenvalue weighted by atomic mass is 9.43. The van der Waals surface area contributed by atoms with Crippen LogP contribution >= 0.6 is 0 Å². The van der Waals surface area contributed by atoms with Gasteiger partial charge in [0.2, 0.25) is 0 Å². The standard InChI is InChI=1S/C20H30O4/c1-13(2)19-10-11-20(24-23-19)14(12-19)6-7-15-17(3,16(21)22)8-5-9-18(15,20)4/h12-13,15H,5-11H2,1-4H3,(H,21,22)/t15-,17-,18-,19-,20+/m0/s1. The van der Waals surface area contributed by atoms with Crippen molar-refractivity contribution in [2.24, 2.45) is 22.7 Å². The molecule has 2 aliphatic heterocycles. The van der Waals surface area contributed by atoms with E-state index >= 15 is 0 Å². The molecule has 4 nitrogen and oxygen atoms in total. The number of carbonyl (C=O) groups is 1. The minimum Gasteiger partial charge on any atom is -0.481 e. The summed E-state index contributed by atoms with van der Waals surface area (Å²) in [4.78, 5) is 24.3.